The first-order chi connectivity index (χ1) is 10.8. The fourth-order valence-corrected chi connectivity index (χ4v) is 3.73. The van der Waals surface area contributed by atoms with Crippen molar-refractivity contribution in [2.45, 2.75) is 25.4 Å². The van der Waals surface area contributed by atoms with Gasteiger partial charge in [-0.3, -0.25) is 9.59 Å². The van der Waals surface area contributed by atoms with E-state index in [2.05, 4.69) is 0 Å². The minimum atomic E-state index is -3.32. The SMILES string of the molecule is CC(=O)c1ccc(CS(=O)(=O)Cc2ccc(C(C)=O)cc2)cc1. The van der Waals surface area contributed by atoms with E-state index in [9.17, 15) is 18.0 Å². The van der Waals surface area contributed by atoms with Gasteiger partial charge in [0.1, 0.15) is 0 Å². The summed E-state index contributed by atoms with van der Waals surface area (Å²) in [5.74, 6) is -0.269. The van der Waals surface area contributed by atoms with Crippen molar-refractivity contribution in [2.75, 3.05) is 0 Å². The lowest BCUT2D eigenvalue weighted by atomic mass is 10.1. The van der Waals surface area contributed by atoms with Gasteiger partial charge in [0.2, 0.25) is 0 Å². The third kappa shape index (κ3) is 4.86. The summed E-state index contributed by atoms with van der Waals surface area (Å²) in [5, 5.41) is 0. The average Bonchev–Trinajstić information content (AvgIpc) is 2.47. The lowest BCUT2D eigenvalue weighted by Crippen LogP contribution is -2.08. The molecule has 0 saturated heterocycles. The van der Waals surface area contributed by atoms with Crippen LogP contribution in [-0.4, -0.2) is 20.0 Å². The van der Waals surface area contributed by atoms with Gasteiger partial charge in [-0.2, -0.15) is 0 Å². The van der Waals surface area contributed by atoms with E-state index in [4.69, 9.17) is 0 Å². The molecule has 2 aromatic carbocycles. The quantitative estimate of drug-likeness (QED) is 0.763. The van der Waals surface area contributed by atoms with Crippen molar-refractivity contribution >= 4 is 21.4 Å². The number of carbonyl (C=O) groups excluding carboxylic acids is 2. The highest BCUT2D eigenvalue weighted by atomic mass is 32.2. The Morgan fingerprint density at radius 2 is 1.00 bits per heavy atom. The van der Waals surface area contributed by atoms with Crippen LogP contribution in [0, 0.1) is 0 Å². The van der Waals surface area contributed by atoms with Gasteiger partial charge in [-0.1, -0.05) is 48.5 Å². The Bertz CT molecular complexity index is 751. The second-order valence-corrected chi connectivity index (χ2v) is 7.60. The van der Waals surface area contributed by atoms with E-state index in [1.165, 1.54) is 13.8 Å². The van der Waals surface area contributed by atoms with Crippen LogP contribution in [0.25, 0.3) is 0 Å². The van der Waals surface area contributed by atoms with Crippen molar-refractivity contribution in [3.05, 3.63) is 70.8 Å². The summed E-state index contributed by atoms with van der Waals surface area (Å²) in [6.07, 6.45) is 0. The molecule has 0 atom stereocenters. The third-order valence-electron chi connectivity index (χ3n) is 3.49. The van der Waals surface area contributed by atoms with Gasteiger partial charge >= 0.3 is 0 Å². The molecule has 23 heavy (non-hydrogen) atoms. The Balaban J connectivity index is 2.09. The fourth-order valence-electron chi connectivity index (χ4n) is 2.23. The van der Waals surface area contributed by atoms with Crippen LogP contribution in [-0.2, 0) is 21.3 Å². The summed E-state index contributed by atoms with van der Waals surface area (Å²) in [6.45, 7) is 2.94. The lowest BCUT2D eigenvalue weighted by molar-refractivity contribution is 0.100. The molecule has 0 aliphatic rings. The van der Waals surface area contributed by atoms with Crippen LogP contribution in [0.15, 0.2) is 48.5 Å². The molecule has 0 spiro atoms. The Kier molecular flexibility index (Phi) is 5.11. The van der Waals surface area contributed by atoms with E-state index in [-0.39, 0.29) is 23.1 Å². The minimum Gasteiger partial charge on any atom is -0.295 e. The fraction of sp³-hybridized carbons (Fsp3) is 0.222. The van der Waals surface area contributed by atoms with Crippen LogP contribution >= 0.6 is 0 Å². The van der Waals surface area contributed by atoms with Crippen LogP contribution in [0.4, 0.5) is 0 Å². The van der Waals surface area contributed by atoms with E-state index < -0.39 is 9.84 Å². The van der Waals surface area contributed by atoms with Crippen LogP contribution in [0.2, 0.25) is 0 Å². The molecule has 0 amide bonds. The molecule has 2 rings (SSSR count). The summed E-state index contributed by atoms with van der Waals surface area (Å²) in [5.41, 5.74) is 2.42. The summed E-state index contributed by atoms with van der Waals surface area (Å²) >= 11 is 0. The Hall–Kier alpha value is -2.27. The minimum absolute atomic E-state index is 0.0510. The first-order valence-electron chi connectivity index (χ1n) is 7.17. The van der Waals surface area contributed by atoms with Crippen molar-refractivity contribution in [1.82, 2.24) is 0 Å². The molecular formula is C18H18O4S. The van der Waals surface area contributed by atoms with Crippen molar-refractivity contribution in [2.24, 2.45) is 0 Å². The molecule has 0 aromatic heterocycles. The van der Waals surface area contributed by atoms with E-state index in [1.54, 1.807) is 48.5 Å². The maximum absolute atomic E-state index is 12.3. The maximum atomic E-state index is 12.3. The predicted octanol–water partition coefficient (Wildman–Crippen LogP) is 3.21. The highest BCUT2D eigenvalue weighted by Crippen LogP contribution is 2.14. The molecule has 0 fully saturated rings. The van der Waals surface area contributed by atoms with Gasteiger partial charge in [0, 0.05) is 11.1 Å². The van der Waals surface area contributed by atoms with E-state index in [0.717, 1.165) is 0 Å². The number of sulfone groups is 1. The van der Waals surface area contributed by atoms with Crippen molar-refractivity contribution in [3.8, 4) is 0 Å². The topological polar surface area (TPSA) is 68.3 Å². The second-order valence-electron chi connectivity index (χ2n) is 5.54. The predicted molar refractivity (Wildman–Crippen MR) is 89.2 cm³/mol. The molecule has 0 aliphatic heterocycles. The van der Waals surface area contributed by atoms with Gasteiger partial charge < -0.3 is 0 Å². The Morgan fingerprint density at radius 3 is 1.26 bits per heavy atom. The van der Waals surface area contributed by atoms with Gasteiger partial charge in [-0.25, -0.2) is 8.42 Å². The first kappa shape index (κ1) is 17.1. The largest absolute Gasteiger partial charge is 0.295 e. The smallest absolute Gasteiger partial charge is 0.159 e. The normalized spacial score (nSPS) is 11.2. The van der Waals surface area contributed by atoms with Crippen LogP contribution < -0.4 is 0 Å². The summed E-state index contributed by atoms with van der Waals surface area (Å²) in [7, 11) is -3.32. The molecule has 0 aliphatic carbocycles. The molecule has 0 saturated carbocycles. The molecular weight excluding hydrogens is 312 g/mol. The van der Waals surface area contributed by atoms with Crippen LogP contribution in [0.5, 0.6) is 0 Å². The number of carbonyl (C=O) groups is 2. The van der Waals surface area contributed by atoms with E-state index in [1.807, 2.05) is 0 Å². The maximum Gasteiger partial charge on any atom is 0.159 e. The van der Waals surface area contributed by atoms with Gasteiger partial charge in [0.05, 0.1) is 11.5 Å². The van der Waals surface area contributed by atoms with Gasteiger partial charge in [0.25, 0.3) is 0 Å². The number of benzene rings is 2. The average molecular weight is 330 g/mol. The molecule has 0 bridgehead atoms. The number of ketones is 2. The monoisotopic (exact) mass is 330 g/mol. The highest BCUT2D eigenvalue weighted by molar-refractivity contribution is 7.89. The van der Waals surface area contributed by atoms with Crippen LogP contribution in [0.3, 0.4) is 0 Å². The molecule has 5 heteroatoms. The lowest BCUT2D eigenvalue weighted by Gasteiger charge is -2.06. The molecule has 2 aromatic rings. The zero-order valence-electron chi connectivity index (χ0n) is 13.1. The van der Waals surface area contributed by atoms with Crippen molar-refractivity contribution < 1.29 is 18.0 Å². The second kappa shape index (κ2) is 6.87. The van der Waals surface area contributed by atoms with E-state index in [0.29, 0.717) is 22.3 Å². The highest BCUT2D eigenvalue weighted by Gasteiger charge is 2.14. The molecule has 0 heterocycles. The summed E-state index contributed by atoms with van der Waals surface area (Å²) in [6, 6.07) is 13.2. The van der Waals surface area contributed by atoms with E-state index >= 15 is 0 Å². The first-order valence-corrected chi connectivity index (χ1v) is 8.99. The molecule has 0 N–H and O–H groups in total. The number of Topliss-reactive ketones (excluding diaryl/α,β-unsaturated/α-hetero) is 2. The van der Waals surface area contributed by atoms with Crippen LogP contribution in [0.1, 0.15) is 45.7 Å². The number of hydrogen-bond acceptors (Lipinski definition) is 4. The standard InChI is InChI=1S/C18H18O4S/c1-13(19)17-7-3-15(4-8-17)11-23(21,22)12-16-5-9-18(10-6-16)14(2)20/h3-10H,11-12H2,1-2H3. The number of rotatable bonds is 6. The molecule has 0 unspecified atom stereocenters. The summed E-state index contributed by atoms with van der Waals surface area (Å²) in [4.78, 5) is 22.4. The zero-order valence-corrected chi connectivity index (χ0v) is 13.9. The number of hydrogen-bond donors (Lipinski definition) is 0. The molecule has 4 nitrogen and oxygen atoms in total. The summed E-state index contributed by atoms with van der Waals surface area (Å²) < 4.78 is 24.5. The Labute approximate surface area is 136 Å². The molecule has 120 valence electrons. The zero-order chi connectivity index (χ0) is 17.0. The van der Waals surface area contributed by atoms with Gasteiger partial charge in [-0.05, 0) is 25.0 Å². The third-order valence-corrected chi connectivity index (χ3v) is 5.04. The Morgan fingerprint density at radius 1 is 0.696 bits per heavy atom. The van der Waals surface area contributed by atoms with Gasteiger partial charge in [-0.15, -0.1) is 0 Å². The molecule has 0 radical (unpaired) electrons. The van der Waals surface area contributed by atoms with Gasteiger partial charge in [0.15, 0.2) is 21.4 Å². The van der Waals surface area contributed by atoms with Crippen molar-refractivity contribution in [3.63, 3.8) is 0 Å². The van der Waals surface area contributed by atoms with Crippen molar-refractivity contribution in [1.29, 1.82) is 0 Å².